The van der Waals surface area contributed by atoms with E-state index in [-0.39, 0.29) is 154 Å². The molecule has 0 spiro atoms. The van der Waals surface area contributed by atoms with Gasteiger partial charge in [-0.05, 0) is 79.6 Å². The van der Waals surface area contributed by atoms with Gasteiger partial charge in [-0.3, -0.25) is 0 Å². The van der Waals surface area contributed by atoms with Crippen LogP contribution in [0.3, 0.4) is 0 Å². The van der Waals surface area contributed by atoms with Gasteiger partial charge in [0.2, 0.25) is 0 Å². The Bertz CT molecular complexity index is 2840. The van der Waals surface area contributed by atoms with Crippen LogP contribution in [-0.4, -0.2) is 29.9 Å². The van der Waals surface area contributed by atoms with Crippen molar-refractivity contribution in [3.05, 3.63) is 77.6 Å². The number of hydrogen-bond donors (Lipinski definition) is 0. The average Bonchev–Trinajstić information content (AvgIpc) is 3.92. The zero-order valence-electron chi connectivity index (χ0n) is 25.9. The topological polar surface area (TPSA) is 106 Å². The van der Waals surface area contributed by atoms with Crippen LogP contribution in [0.15, 0.2) is 22.4 Å². The summed E-state index contributed by atoms with van der Waals surface area (Å²) >= 11 is 92.5. The number of fused-ring (bicyclic) bond motifs is 20. The van der Waals surface area contributed by atoms with Crippen molar-refractivity contribution in [2.45, 2.75) is 0 Å². The Morgan fingerprint density at radius 2 is 0.614 bits per heavy atom. The van der Waals surface area contributed by atoms with Crippen LogP contribution < -0.4 is 9.97 Å². The zero-order valence-corrected chi connectivity index (χ0v) is 43.1. The predicted molar refractivity (Wildman–Crippen MR) is 248 cm³/mol. The molecule has 0 amide bonds. The molecule has 2 aliphatic heterocycles. The number of nitrogens with zero attached hydrogens (tertiary/aromatic N) is 8. The third-order valence-electron chi connectivity index (χ3n) is 8.55. The van der Waals surface area contributed by atoms with Gasteiger partial charge in [-0.15, -0.1) is 0 Å². The molecule has 0 aliphatic carbocycles. The van der Waals surface area contributed by atoms with Gasteiger partial charge < -0.3 is 29.9 Å². The Hall–Kier alpha value is 0.349. The SMILES string of the molecule is Clc1c(Cl)c2c(c(Cl)c1Br)-c1nc-2nc2[n-]c(nc3nc(nc4[n-]c(n1)c1c(Br)c(Cl)c(Cl)c(Cl)c41)-c1c(Cl)c(Br)c(Cl)c(Br)c1-3)c1c(Cl)c(Cl)c(Br)c(Cl)c21.[Cu+2]. The van der Waals surface area contributed by atoms with Crippen LogP contribution >= 0.6 is 207 Å². The van der Waals surface area contributed by atoms with Crippen LogP contribution in [0.1, 0.15) is 0 Å². The fourth-order valence-corrected chi connectivity index (χ4v) is 11.8. The van der Waals surface area contributed by atoms with Crippen molar-refractivity contribution in [3.8, 4) is 45.6 Å². The standard InChI is InChI=1S/C32Br5Cl11N8.Cu/c33-9-1-3(14(38)11(35)20(9)44)27-49-25(1)52-31-7-6(16(40)13(37)22(46)17(7)41)30(55-31)56-32-8-5(15(39)12(36)23(47)18(8)42)29(54-32)51-26-2-4(28(50-26)53-27)19(43)24(48)21(45)10(2)34;/q-2;+2. The first-order chi connectivity index (χ1) is 26.4. The summed E-state index contributed by atoms with van der Waals surface area (Å²) in [5.74, 6) is 0.136. The van der Waals surface area contributed by atoms with Crippen LogP contribution in [-0.2, 0) is 17.1 Å². The van der Waals surface area contributed by atoms with E-state index in [1.165, 1.54) is 0 Å². The summed E-state index contributed by atoms with van der Waals surface area (Å²) in [7, 11) is 0. The normalized spacial score (nSPS) is 12.1. The Labute approximate surface area is 425 Å². The summed E-state index contributed by atoms with van der Waals surface area (Å²) in [6, 6.07) is 0. The Morgan fingerprint density at radius 1 is 0.281 bits per heavy atom. The maximum atomic E-state index is 6.97. The first-order valence-corrected chi connectivity index (χ1v) is 22.7. The Kier molecular flexibility index (Phi) is 12.2. The maximum Gasteiger partial charge on any atom is 2.00 e. The summed E-state index contributed by atoms with van der Waals surface area (Å²) in [6.07, 6.45) is 0. The molecule has 2 aliphatic rings. The van der Waals surface area contributed by atoms with Gasteiger partial charge in [0.15, 0.2) is 0 Å². The summed E-state index contributed by atoms with van der Waals surface area (Å²) in [5, 5.41) is 2.13. The Balaban J connectivity index is 0.00000455. The van der Waals surface area contributed by atoms with E-state index in [9.17, 15) is 0 Å². The van der Waals surface area contributed by atoms with Gasteiger partial charge in [0.25, 0.3) is 0 Å². The smallest absolute Gasteiger partial charge is 0.357 e. The van der Waals surface area contributed by atoms with E-state index in [1.54, 1.807) is 0 Å². The summed E-state index contributed by atoms with van der Waals surface area (Å²) in [6.45, 7) is 0. The van der Waals surface area contributed by atoms with Crippen molar-refractivity contribution in [1.29, 1.82) is 0 Å². The van der Waals surface area contributed by atoms with E-state index >= 15 is 0 Å². The van der Waals surface area contributed by atoms with Crippen LogP contribution in [0.25, 0.3) is 89.7 Å². The van der Waals surface area contributed by atoms with E-state index in [0.717, 1.165) is 0 Å². The molecule has 7 aromatic rings. The van der Waals surface area contributed by atoms with Gasteiger partial charge >= 0.3 is 17.1 Å². The molecule has 57 heavy (non-hydrogen) atoms. The van der Waals surface area contributed by atoms with E-state index in [2.05, 4.69) is 79.6 Å². The van der Waals surface area contributed by atoms with Gasteiger partial charge in [0.1, 0.15) is 0 Å². The number of benzene rings is 4. The second-order valence-electron chi connectivity index (χ2n) is 11.5. The molecule has 1 radical (unpaired) electrons. The minimum absolute atomic E-state index is 0. The van der Waals surface area contributed by atoms with E-state index in [0.29, 0.717) is 29.9 Å². The first-order valence-electron chi connectivity index (χ1n) is 14.6. The molecule has 8 nitrogen and oxygen atoms in total. The fraction of sp³-hybridized carbons (Fsp3) is 0. The molecule has 291 valence electrons. The average molecular weight is 1350 g/mol. The maximum absolute atomic E-state index is 6.97. The first kappa shape index (κ1) is 44.0. The molecule has 0 unspecified atom stereocenters. The predicted octanol–water partition coefficient (Wildman–Crippen LogP) is 17.1. The second-order valence-corrected chi connectivity index (χ2v) is 19.6. The molecule has 3 aromatic heterocycles. The molecular weight excluding hydrogens is 1350 g/mol. The third-order valence-corrected chi connectivity index (χ3v) is 18.9. The molecule has 0 saturated heterocycles. The van der Waals surface area contributed by atoms with Gasteiger partial charge in [0, 0.05) is 75.3 Å². The number of halogens is 16. The van der Waals surface area contributed by atoms with Crippen molar-refractivity contribution < 1.29 is 17.1 Å². The van der Waals surface area contributed by atoms with Crippen LogP contribution in [0.5, 0.6) is 0 Å². The van der Waals surface area contributed by atoms with Gasteiger partial charge in [-0.2, -0.15) is 0 Å². The minimum Gasteiger partial charge on any atom is -0.357 e. The van der Waals surface area contributed by atoms with Crippen molar-refractivity contribution in [3.63, 3.8) is 0 Å². The van der Waals surface area contributed by atoms with Gasteiger partial charge in [0.05, 0.1) is 92.0 Å². The monoisotopic (exact) mass is 1340 g/mol. The molecule has 0 atom stereocenters. The summed E-state index contributed by atoms with van der Waals surface area (Å²) in [5.41, 5.74) is 1.27. The molecule has 0 saturated carbocycles. The molecule has 0 N–H and O–H groups in total. The Morgan fingerprint density at radius 3 is 1.14 bits per heavy atom. The number of hydrogen-bond acceptors (Lipinski definition) is 6. The molecule has 5 heterocycles. The van der Waals surface area contributed by atoms with Crippen LogP contribution in [0.2, 0.25) is 55.2 Å². The van der Waals surface area contributed by atoms with Gasteiger partial charge in [-0.1, -0.05) is 128 Å². The zero-order chi connectivity index (χ0) is 40.1. The van der Waals surface area contributed by atoms with Crippen LogP contribution in [0.4, 0.5) is 0 Å². The molecule has 25 heteroatoms. The second kappa shape index (κ2) is 15.9. The number of rotatable bonds is 0. The minimum atomic E-state index is 0. The molecule has 4 aromatic carbocycles. The van der Waals surface area contributed by atoms with E-state index in [1.807, 2.05) is 0 Å². The summed E-state index contributed by atoms with van der Waals surface area (Å²) in [4.78, 5) is 38.7. The van der Waals surface area contributed by atoms with E-state index in [4.69, 9.17) is 167 Å². The molecule has 0 fully saturated rings. The third kappa shape index (κ3) is 6.47. The van der Waals surface area contributed by atoms with E-state index < -0.39 is 0 Å². The number of aromatic nitrogens is 8. The summed E-state index contributed by atoms with van der Waals surface area (Å²) < 4.78 is 1.59. The molecule has 8 bridgehead atoms. The fourth-order valence-electron chi connectivity index (χ4n) is 6.10. The molecular formula is C32Br5Cl11CuN8. The van der Waals surface area contributed by atoms with Crippen molar-refractivity contribution in [2.75, 3.05) is 0 Å². The van der Waals surface area contributed by atoms with Crippen LogP contribution in [0, 0.1) is 0 Å². The van der Waals surface area contributed by atoms with Gasteiger partial charge in [-0.25, -0.2) is 9.97 Å². The van der Waals surface area contributed by atoms with Crippen molar-refractivity contribution in [1.82, 2.24) is 39.9 Å². The van der Waals surface area contributed by atoms with Crippen molar-refractivity contribution >= 4 is 251 Å². The largest absolute Gasteiger partial charge is 2.00 e. The van der Waals surface area contributed by atoms with Crippen molar-refractivity contribution in [2.24, 2.45) is 0 Å². The quantitative estimate of drug-likeness (QED) is 0.0840. The molecule has 9 rings (SSSR count).